The molecule has 0 fully saturated rings. The Bertz CT molecular complexity index is 1170. The second kappa shape index (κ2) is 10.0. The van der Waals surface area contributed by atoms with Crippen molar-refractivity contribution in [3.05, 3.63) is 144 Å². The molecule has 1 amide bonds. The predicted octanol–water partition coefficient (Wildman–Crippen LogP) is 4.18. The largest absolute Gasteiger partial charge is 0.382 e. The highest BCUT2D eigenvalue weighted by atomic mass is 16.3. The number of aliphatic hydroxyl groups is 2. The Morgan fingerprint density at radius 1 is 0.697 bits per heavy atom. The van der Waals surface area contributed by atoms with Crippen LogP contribution in [0.1, 0.15) is 28.4 Å². The third-order valence-corrected chi connectivity index (χ3v) is 5.43. The van der Waals surface area contributed by atoms with Gasteiger partial charge in [0.05, 0.1) is 0 Å². The Morgan fingerprint density at radius 2 is 1.12 bits per heavy atom. The van der Waals surface area contributed by atoms with Gasteiger partial charge in [0.2, 0.25) is 0 Å². The second-order valence-electron chi connectivity index (χ2n) is 7.56. The fraction of sp³-hybridized carbons (Fsp3) is 0.0714. The molecule has 33 heavy (non-hydrogen) atoms. The number of nitrogens with zero attached hydrogens (tertiary/aromatic N) is 1. The Morgan fingerprint density at radius 3 is 1.61 bits per heavy atom. The Kier molecular flexibility index (Phi) is 6.74. The van der Waals surface area contributed by atoms with Crippen LogP contribution >= 0.6 is 0 Å². The molecule has 0 aliphatic rings. The lowest BCUT2D eigenvalue weighted by Crippen LogP contribution is -2.44. The molecule has 164 valence electrons. The fourth-order valence-electron chi connectivity index (χ4n) is 3.67. The van der Waals surface area contributed by atoms with Gasteiger partial charge in [0, 0.05) is 5.56 Å². The van der Waals surface area contributed by atoms with Crippen LogP contribution in [-0.4, -0.2) is 21.8 Å². The summed E-state index contributed by atoms with van der Waals surface area (Å²) in [6, 6.07) is 35.6. The Balaban J connectivity index is 1.73. The van der Waals surface area contributed by atoms with Crippen LogP contribution in [0, 0.1) is 0 Å². The Labute approximate surface area is 192 Å². The lowest BCUT2D eigenvalue weighted by molar-refractivity contribution is -0.136. The molecule has 5 nitrogen and oxygen atoms in total. The molecule has 0 aromatic heterocycles. The zero-order valence-electron chi connectivity index (χ0n) is 17.9. The highest BCUT2D eigenvalue weighted by molar-refractivity contribution is 6.05. The number of benzene rings is 4. The lowest BCUT2D eigenvalue weighted by atomic mass is 9.85. The molecule has 0 saturated carbocycles. The summed E-state index contributed by atoms with van der Waals surface area (Å²) in [4.78, 5) is 13.4. The van der Waals surface area contributed by atoms with Crippen LogP contribution in [0.4, 0.5) is 0 Å². The molecule has 0 aliphatic carbocycles. The molecule has 5 heteroatoms. The van der Waals surface area contributed by atoms with E-state index in [-0.39, 0.29) is 5.71 Å². The fourth-order valence-corrected chi connectivity index (χ4v) is 3.67. The summed E-state index contributed by atoms with van der Waals surface area (Å²) in [7, 11) is 0. The van der Waals surface area contributed by atoms with Gasteiger partial charge in [-0.2, -0.15) is 5.10 Å². The number of hydrazone groups is 1. The molecule has 4 aromatic rings. The summed E-state index contributed by atoms with van der Waals surface area (Å²) in [5.74, 6) is -0.728. The predicted molar refractivity (Wildman–Crippen MR) is 128 cm³/mol. The number of nitrogens with one attached hydrogen (secondary N) is 1. The average Bonchev–Trinajstić information content (AvgIpc) is 2.90. The number of aliphatic hydroxyl groups excluding tert-OH is 1. The minimum Gasteiger partial charge on any atom is -0.382 e. The molecule has 0 bridgehead atoms. The van der Waals surface area contributed by atoms with E-state index in [4.69, 9.17) is 0 Å². The van der Waals surface area contributed by atoms with Gasteiger partial charge in [-0.1, -0.05) is 121 Å². The first kappa shape index (κ1) is 22.1. The van der Waals surface area contributed by atoms with Gasteiger partial charge in [-0.3, -0.25) is 4.79 Å². The summed E-state index contributed by atoms with van der Waals surface area (Å²) < 4.78 is 0. The molecule has 0 radical (unpaired) electrons. The van der Waals surface area contributed by atoms with Crippen molar-refractivity contribution in [1.82, 2.24) is 5.43 Å². The van der Waals surface area contributed by atoms with E-state index in [1.807, 2.05) is 48.5 Å². The first-order chi connectivity index (χ1) is 16.1. The highest BCUT2D eigenvalue weighted by Crippen LogP contribution is 2.30. The minimum atomic E-state index is -1.97. The molecule has 0 spiro atoms. The molecule has 1 unspecified atom stereocenters. The molecular formula is C28H24N2O3. The molecular weight excluding hydrogens is 412 g/mol. The number of hydrogen-bond acceptors (Lipinski definition) is 4. The van der Waals surface area contributed by atoms with Crippen LogP contribution in [-0.2, 0) is 10.4 Å². The lowest BCUT2D eigenvalue weighted by Gasteiger charge is -2.27. The highest BCUT2D eigenvalue weighted by Gasteiger charge is 2.40. The van der Waals surface area contributed by atoms with Crippen LogP contribution in [0.2, 0.25) is 0 Å². The SMILES string of the molecule is O=C(N/N=C(\c1ccccc1)C(O)c1ccccc1)C(O)(c1ccccc1)c1ccccc1. The average molecular weight is 437 g/mol. The minimum absolute atomic E-state index is 0.263. The number of carbonyl (C=O) groups is 1. The summed E-state index contributed by atoms with van der Waals surface area (Å²) >= 11 is 0. The van der Waals surface area contributed by atoms with Crippen LogP contribution < -0.4 is 5.43 Å². The van der Waals surface area contributed by atoms with Gasteiger partial charge < -0.3 is 10.2 Å². The molecule has 0 aliphatic heterocycles. The first-order valence-electron chi connectivity index (χ1n) is 10.6. The molecule has 1 atom stereocenters. The third kappa shape index (κ3) is 4.75. The smallest absolute Gasteiger partial charge is 0.281 e. The molecule has 3 N–H and O–H groups in total. The number of hydrogen-bond donors (Lipinski definition) is 3. The van der Waals surface area contributed by atoms with Crippen LogP contribution in [0.5, 0.6) is 0 Å². The third-order valence-electron chi connectivity index (χ3n) is 5.43. The standard InChI is InChI=1S/C28H24N2O3/c31-26(22-15-7-2-8-16-22)25(21-13-5-1-6-14-21)29-30-27(32)28(33,23-17-9-3-10-18-23)24-19-11-4-12-20-24/h1-20,26,31,33H,(H,30,32)/b29-25+. The van der Waals surface area contributed by atoms with Gasteiger partial charge in [-0.05, 0) is 16.7 Å². The molecule has 4 aromatic carbocycles. The molecule has 0 heterocycles. The van der Waals surface area contributed by atoms with Crippen LogP contribution in [0.25, 0.3) is 0 Å². The summed E-state index contributed by atoms with van der Waals surface area (Å²) in [5.41, 5.74) is 2.91. The van der Waals surface area contributed by atoms with Crippen molar-refractivity contribution < 1.29 is 15.0 Å². The molecule has 4 rings (SSSR count). The summed E-state index contributed by atoms with van der Waals surface area (Å²) in [5, 5.41) is 27.0. The van der Waals surface area contributed by atoms with Crippen LogP contribution in [0.15, 0.2) is 126 Å². The van der Waals surface area contributed by atoms with Crippen molar-refractivity contribution in [3.63, 3.8) is 0 Å². The van der Waals surface area contributed by atoms with E-state index in [0.717, 1.165) is 0 Å². The normalized spacial score (nSPS) is 12.7. The number of amides is 1. The number of rotatable bonds is 7. The van der Waals surface area contributed by atoms with Gasteiger partial charge in [-0.15, -0.1) is 0 Å². The van der Waals surface area contributed by atoms with Crippen molar-refractivity contribution >= 4 is 11.6 Å². The van der Waals surface area contributed by atoms with Gasteiger partial charge in [0.15, 0.2) is 5.60 Å². The summed E-state index contributed by atoms with van der Waals surface area (Å²) in [6.45, 7) is 0. The quantitative estimate of drug-likeness (QED) is 0.300. The van der Waals surface area contributed by atoms with Crippen molar-refractivity contribution in [2.75, 3.05) is 0 Å². The first-order valence-corrected chi connectivity index (χ1v) is 10.6. The van der Waals surface area contributed by atoms with Crippen molar-refractivity contribution in [1.29, 1.82) is 0 Å². The topological polar surface area (TPSA) is 81.9 Å². The van der Waals surface area contributed by atoms with Gasteiger partial charge in [0.25, 0.3) is 5.91 Å². The van der Waals surface area contributed by atoms with Gasteiger partial charge >= 0.3 is 0 Å². The van der Waals surface area contributed by atoms with E-state index in [1.165, 1.54) is 0 Å². The van der Waals surface area contributed by atoms with Crippen LogP contribution in [0.3, 0.4) is 0 Å². The van der Waals surface area contributed by atoms with Gasteiger partial charge in [-0.25, -0.2) is 5.43 Å². The second-order valence-corrected chi connectivity index (χ2v) is 7.56. The van der Waals surface area contributed by atoms with Crippen molar-refractivity contribution in [3.8, 4) is 0 Å². The summed E-state index contributed by atoms with van der Waals surface area (Å²) in [6.07, 6.45) is -1.07. The maximum atomic E-state index is 13.4. The van der Waals surface area contributed by atoms with E-state index in [9.17, 15) is 15.0 Å². The van der Waals surface area contributed by atoms with E-state index in [1.54, 1.807) is 72.8 Å². The zero-order valence-corrected chi connectivity index (χ0v) is 17.9. The van der Waals surface area contributed by atoms with E-state index >= 15 is 0 Å². The Hall–Kier alpha value is -4.06. The zero-order chi connectivity index (χ0) is 23.1. The number of carbonyl (C=O) groups excluding carboxylic acids is 1. The monoisotopic (exact) mass is 436 g/mol. The van der Waals surface area contributed by atoms with E-state index < -0.39 is 17.6 Å². The maximum Gasteiger partial charge on any atom is 0.281 e. The van der Waals surface area contributed by atoms with Crippen molar-refractivity contribution in [2.45, 2.75) is 11.7 Å². The van der Waals surface area contributed by atoms with Crippen molar-refractivity contribution in [2.24, 2.45) is 5.10 Å². The maximum absolute atomic E-state index is 13.4. The van der Waals surface area contributed by atoms with Gasteiger partial charge in [0.1, 0.15) is 11.8 Å². The molecule has 0 saturated heterocycles. The van der Waals surface area contributed by atoms with E-state index in [2.05, 4.69) is 10.5 Å². The van der Waals surface area contributed by atoms with E-state index in [0.29, 0.717) is 22.3 Å².